The molecule has 66 valence electrons. The minimum atomic E-state index is -0.563. The Kier molecular flexibility index (Phi) is 2.24. The molecule has 2 heterocycles. The fraction of sp³-hybridized carbons (Fsp3) is 0. The minimum absolute atomic E-state index is 0.140. The van der Waals surface area contributed by atoms with E-state index in [0.717, 1.165) is 4.88 Å². The molecule has 13 heavy (non-hydrogen) atoms. The van der Waals surface area contributed by atoms with Crippen molar-refractivity contribution in [2.24, 2.45) is 0 Å². The Morgan fingerprint density at radius 1 is 1.38 bits per heavy atom. The lowest BCUT2D eigenvalue weighted by atomic mass is 10.3. The van der Waals surface area contributed by atoms with E-state index in [1.165, 1.54) is 17.7 Å². The fourth-order valence-corrected chi connectivity index (χ4v) is 1.78. The topological polar surface area (TPSA) is 25.8 Å². The molecule has 0 atom stereocenters. The lowest BCUT2D eigenvalue weighted by molar-refractivity contribution is 0.619. The molecule has 0 bridgehead atoms. The summed E-state index contributed by atoms with van der Waals surface area (Å²) in [6.45, 7) is 0. The molecule has 2 aromatic rings. The summed E-state index contributed by atoms with van der Waals surface area (Å²) < 4.78 is 13.3. The normalized spacial score (nSPS) is 10.3. The van der Waals surface area contributed by atoms with E-state index in [9.17, 15) is 4.39 Å². The van der Waals surface area contributed by atoms with E-state index in [-0.39, 0.29) is 10.8 Å². The number of rotatable bonds is 1. The van der Waals surface area contributed by atoms with Gasteiger partial charge in [-0.15, -0.1) is 11.3 Å². The lowest BCUT2D eigenvalue weighted by Gasteiger charge is -1.98. The number of hydrogen-bond acceptors (Lipinski definition) is 3. The van der Waals surface area contributed by atoms with E-state index >= 15 is 0 Å². The molecule has 2 rings (SSSR count). The van der Waals surface area contributed by atoms with Crippen LogP contribution in [0.25, 0.3) is 10.6 Å². The number of thiophene rings is 1. The Bertz CT molecular complexity index is 416. The monoisotopic (exact) mass is 214 g/mol. The summed E-state index contributed by atoms with van der Waals surface area (Å²) in [6, 6.07) is 3.61. The highest BCUT2D eigenvalue weighted by molar-refractivity contribution is 7.13. The van der Waals surface area contributed by atoms with Gasteiger partial charge in [0.1, 0.15) is 12.0 Å². The van der Waals surface area contributed by atoms with Crippen LogP contribution in [-0.2, 0) is 0 Å². The van der Waals surface area contributed by atoms with Gasteiger partial charge >= 0.3 is 0 Å². The largest absolute Gasteiger partial charge is 0.232 e. The molecular weight excluding hydrogens is 211 g/mol. The maximum atomic E-state index is 13.3. The van der Waals surface area contributed by atoms with Gasteiger partial charge in [0.05, 0.1) is 4.88 Å². The molecule has 0 aliphatic rings. The summed E-state index contributed by atoms with van der Waals surface area (Å²) in [7, 11) is 0. The van der Waals surface area contributed by atoms with Crippen LogP contribution in [0.3, 0.4) is 0 Å². The van der Waals surface area contributed by atoms with E-state index < -0.39 is 5.82 Å². The van der Waals surface area contributed by atoms with E-state index in [1.807, 2.05) is 11.4 Å². The van der Waals surface area contributed by atoms with Gasteiger partial charge in [0.2, 0.25) is 0 Å². The maximum absolute atomic E-state index is 13.3. The van der Waals surface area contributed by atoms with E-state index in [0.29, 0.717) is 0 Å². The number of hydrogen-bond donors (Lipinski definition) is 0. The standard InChI is InChI=1S/C8H4ClFN2S/c9-8-6(10)7(11-4-12-8)5-2-1-3-13-5/h1-4H. The molecular formula is C8H4ClFN2S. The summed E-state index contributed by atoms with van der Waals surface area (Å²) in [5.74, 6) is -0.563. The smallest absolute Gasteiger partial charge is 0.187 e. The minimum Gasteiger partial charge on any atom is -0.232 e. The molecule has 0 aliphatic carbocycles. The van der Waals surface area contributed by atoms with Gasteiger partial charge in [-0.25, -0.2) is 14.4 Å². The molecule has 0 amide bonds. The van der Waals surface area contributed by atoms with Crippen molar-refractivity contribution in [3.63, 3.8) is 0 Å². The van der Waals surface area contributed by atoms with Gasteiger partial charge in [0.15, 0.2) is 11.0 Å². The van der Waals surface area contributed by atoms with Gasteiger partial charge in [-0.05, 0) is 11.4 Å². The van der Waals surface area contributed by atoms with Crippen LogP contribution >= 0.6 is 22.9 Å². The van der Waals surface area contributed by atoms with Crippen LogP contribution in [0.15, 0.2) is 23.8 Å². The molecule has 0 saturated heterocycles. The molecule has 0 N–H and O–H groups in total. The first-order chi connectivity index (χ1) is 6.29. The van der Waals surface area contributed by atoms with Crippen LogP contribution < -0.4 is 0 Å². The van der Waals surface area contributed by atoms with E-state index in [4.69, 9.17) is 11.6 Å². The molecule has 2 nitrogen and oxygen atoms in total. The Morgan fingerprint density at radius 2 is 2.23 bits per heavy atom. The second-order valence-corrected chi connectivity index (χ2v) is 3.61. The predicted molar refractivity (Wildman–Crippen MR) is 50.3 cm³/mol. The summed E-state index contributed by atoms with van der Waals surface area (Å²) >= 11 is 6.92. The third-order valence-electron chi connectivity index (χ3n) is 1.50. The Labute approximate surface area is 83.0 Å². The molecule has 0 aliphatic heterocycles. The Balaban J connectivity index is 2.59. The molecule has 0 aromatic carbocycles. The molecule has 5 heteroatoms. The highest BCUT2D eigenvalue weighted by Gasteiger charge is 2.11. The second-order valence-electron chi connectivity index (χ2n) is 2.30. The van der Waals surface area contributed by atoms with Gasteiger partial charge in [0, 0.05) is 0 Å². The van der Waals surface area contributed by atoms with Crippen LogP contribution in [0.1, 0.15) is 0 Å². The molecule has 0 spiro atoms. The molecule has 0 unspecified atom stereocenters. The third-order valence-corrected chi connectivity index (χ3v) is 2.64. The number of aromatic nitrogens is 2. The maximum Gasteiger partial charge on any atom is 0.187 e. The van der Waals surface area contributed by atoms with Gasteiger partial charge in [-0.3, -0.25) is 0 Å². The summed E-state index contributed by atoms with van der Waals surface area (Å²) in [5, 5.41) is 1.71. The highest BCUT2D eigenvalue weighted by Crippen LogP contribution is 2.27. The van der Waals surface area contributed by atoms with E-state index in [1.54, 1.807) is 6.07 Å². The first-order valence-electron chi connectivity index (χ1n) is 3.49. The van der Waals surface area contributed by atoms with Crippen molar-refractivity contribution >= 4 is 22.9 Å². The van der Waals surface area contributed by atoms with Crippen LogP contribution in [-0.4, -0.2) is 9.97 Å². The summed E-state index contributed by atoms with van der Waals surface area (Å²) in [6.07, 6.45) is 1.25. The third kappa shape index (κ3) is 1.55. The average molecular weight is 215 g/mol. The molecule has 0 radical (unpaired) electrons. The van der Waals surface area contributed by atoms with Gasteiger partial charge < -0.3 is 0 Å². The van der Waals surface area contributed by atoms with Gasteiger partial charge in [0.25, 0.3) is 0 Å². The summed E-state index contributed by atoms with van der Waals surface area (Å²) in [4.78, 5) is 8.11. The van der Waals surface area contributed by atoms with Crippen LogP contribution in [0.2, 0.25) is 5.15 Å². The van der Waals surface area contributed by atoms with Crippen molar-refractivity contribution in [2.45, 2.75) is 0 Å². The average Bonchev–Trinajstić information content (AvgIpc) is 2.62. The second kappa shape index (κ2) is 3.40. The fourth-order valence-electron chi connectivity index (χ4n) is 0.933. The number of nitrogens with zero attached hydrogens (tertiary/aromatic N) is 2. The zero-order chi connectivity index (χ0) is 9.26. The first kappa shape index (κ1) is 8.59. The van der Waals surface area contributed by atoms with Crippen molar-refractivity contribution in [1.29, 1.82) is 0 Å². The van der Waals surface area contributed by atoms with Crippen molar-refractivity contribution in [1.82, 2.24) is 9.97 Å². The van der Waals surface area contributed by atoms with Crippen molar-refractivity contribution in [3.05, 3.63) is 34.8 Å². The zero-order valence-electron chi connectivity index (χ0n) is 6.37. The molecule has 0 saturated carbocycles. The molecule has 0 fully saturated rings. The van der Waals surface area contributed by atoms with Crippen molar-refractivity contribution in [3.8, 4) is 10.6 Å². The summed E-state index contributed by atoms with van der Waals surface area (Å²) in [5.41, 5.74) is 0.259. The van der Waals surface area contributed by atoms with Gasteiger partial charge in [-0.1, -0.05) is 17.7 Å². The Morgan fingerprint density at radius 3 is 2.92 bits per heavy atom. The highest BCUT2D eigenvalue weighted by atomic mass is 35.5. The number of halogens is 2. The predicted octanol–water partition coefficient (Wildman–Crippen LogP) is 3.00. The van der Waals surface area contributed by atoms with E-state index in [2.05, 4.69) is 9.97 Å². The quantitative estimate of drug-likeness (QED) is 0.682. The van der Waals surface area contributed by atoms with Crippen LogP contribution in [0.5, 0.6) is 0 Å². The SMILES string of the molecule is Fc1c(Cl)ncnc1-c1cccs1. The lowest BCUT2D eigenvalue weighted by Crippen LogP contribution is -1.90. The van der Waals surface area contributed by atoms with Crippen LogP contribution in [0, 0.1) is 5.82 Å². The van der Waals surface area contributed by atoms with Gasteiger partial charge in [-0.2, -0.15) is 0 Å². The molecule has 2 aromatic heterocycles. The Hall–Kier alpha value is -1.00. The van der Waals surface area contributed by atoms with Crippen molar-refractivity contribution < 1.29 is 4.39 Å². The van der Waals surface area contributed by atoms with Crippen molar-refractivity contribution in [2.75, 3.05) is 0 Å². The van der Waals surface area contributed by atoms with Crippen LogP contribution in [0.4, 0.5) is 4.39 Å². The zero-order valence-corrected chi connectivity index (χ0v) is 7.94. The first-order valence-corrected chi connectivity index (χ1v) is 4.74.